The second kappa shape index (κ2) is 3.35. The molecule has 0 aliphatic carbocycles. The highest BCUT2D eigenvalue weighted by Gasteiger charge is 2.14. The summed E-state index contributed by atoms with van der Waals surface area (Å²) in [7, 11) is 1.54. The lowest BCUT2D eigenvalue weighted by Crippen LogP contribution is -2.43. The Morgan fingerprint density at radius 1 is 1.29 bits per heavy atom. The van der Waals surface area contributed by atoms with E-state index in [1.165, 1.54) is 11.8 Å². The largest absolute Gasteiger partial charge is 0.341 e. The van der Waals surface area contributed by atoms with Gasteiger partial charge in [0.25, 0.3) is 0 Å². The molecule has 0 unspecified atom stereocenters. The van der Waals surface area contributed by atoms with Crippen LogP contribution in [0.15, 0.2) is 36.5 Å². The highest BCUT2D eigenvalue weighted by atomic mass is 16.6. The molecule has 1 aromatic carbocycles. The van der Waals surface area contributed by atoms with Gasteiger partial charge in [0, 0.05) is 10.8 Å². The lowest BCUT2D eigenvalue weighted by molar-refractivity contribution is -0.886. The van der Waals surface area contributed by atoms with Crippen molar-refractivity contribution < 1.29 is 9.57 Å². The molecule has 0 saturated heterocycles. The molecule has 3 nitrogen and oxygen atoms in total. The summed E-state index contributed by atoms with van der Waals surface area (Å²) in [5, 5.41) is 10.9. The number of pyridine rings is 1. The maximum Gasteiger partial charge on any atom is 0.341 e. The zero-order valence-electron chi connectivity index (χ0n) is 7.77. The van der Waals surface area contributed by atoms with Crippen LogP contribution in [0.2, 0.25) is 0 Å². The third-order valence-electron chi connectivity index (χ3n) is 2.13. The Kier molecular flexibility index (Phi) is 2.04. The SMILES string of the molecule is CO[n+]1ccc2ccccc2c1C#N. The van der Waals surface area contributed by atoms with Gasteiger partial charge in [0.15, 0.2) is 6.07 Å². The van der Waals surface area contributed by atoms with Crippen molar-refractivity contribution in [1.82, 2.24) is 0 Å². The number of nitrogens with zero attached hydrogens (tertiary/aromatic N) is 2. The Balaban J connectivity index is 2.85. The van der Waals surface area contributed by atoms with Crippen LogP contribution in [-0.2, 0) is 0 Å². The highest BCUT2D eigenvalue weighted by Crippen LogP contribution is 2.13. The standard InChI is InChI=1S/C11H9N2O/c1-14-13-7-6-9-4-2-3-5-10(9)11(13)8-12/h2-7H,1H3/q+1. The van der Waals surface area contributed by atoms with E-state index in [2.05, 4.69) is 6.07 Å². The molecule has 0 atom stereocenters. The van der Waals surface area contributed by atoms with E-state index in [1.54, 1.807) is 6.20 Å². The lowest BCUT2D eigenvalue weighted by atomic mass is 10.1. The van der Waals surface area contributed by atoms with Gasteiger partial charge < -0.3 is 0 Å². The average molecular weight is 185 g/mol. The number of benzene rings is 1. The molecular weight excluding hydrogens is 176 g/mol. The van der Waals surface area contributed by atoms with Crippen molar-refractivity contribution in [3.8, 4) is 6.07 Å². The molecule has 0 bridgehead atoms. The molecule has 0 radical (unpaired) electrons. The van der Waals surface area contributed by atoms with Crippen LogP contribution >= 0.6 is 0 Å². The first-order valence-electron chi connectivity index (χ1n) is 4.25. The first kappa shape index (κ1) is 8.52. The highest BCUT2D eigenvalue weighted by molar-refractivity contribution is 5.84. The molecule has 0 aliphatic heterocycles. The average Bonchev–Trinajstić information content (AvgIpc) is 2.27. The molecule has 0 amide bonds. The monoisotopic (exact) mass is 185 g/mol. The van der Waals surface area contributed by atoms with Crippen LogP contribution in [0.1, 0.15) is 5.69 Å². The van der Waals surface area contributed by atoms with E-state index in [-0.39, 0.29) is 0 Å². The maximum atomic E-state index is 9.00. The van der Waals surface area contributed by atoms with E-state index in [1.807, 2.05) is 30.3 Å². The van der Waals surface area contributed by atoms with E-state index in [0.717, 1.165) is 10.8 Å². The predicted octanol–water partition coefficient (Wildman–Crippen LogP) is 1.06. The van der Waals surface area contributed by atoms with E-state index in [0.29, 0.717) is 5.69 Å². The maximum absolute atomic E-state index is 9.00. The predicted molar refractivity (Wildman–Crippen MR) is 51.4 cm³/mol. The van der Waals surface area contributed by atoms with Crippen LogP contribution in [0.5, 0.6) is 0 Å². The van der Waals surface area contributed by atoms with Crippen LogP contribution < -0.4 is 9.57 Å². The Labute approximate surface area is 81.7 Å². The third-order valence-corrected chi connectivity index (χ3v) is 2.13. The minimum atomic E-state index is 0.519. The zero-order valence-corrected chi connectivity index (χ0v) is 7.77. The lowest BCUT2D eigenvalue weighted by Gasteiger charge is -1.97. The van der Waals surface area contributed by atoms with E-state index >= 15 is 0 Å². The number of nitriles is 1. The summed E-state index contributed by atoms with van der Waals surface area (Å²) >= 11 is 0. The third kappa shape index (κ3) is 1.17. The number of aromatic nitrogens is 1. The second-order valence-electron chi connectivity index (χ2n) is 2.87. The van der Waals surface area contributed by atoms with Crippen molar-refractivity contribution >= 4 is 10.8 Å². The van der Waals surface area contributed by atoms with Gasteiger partial charge in [-0.05, 0) is 11.5 Å². The molecule has 0 saturated carbocycles. The van der Waals surface area contributed by atoms with Gasteiger partial charge in [-0.1, -0.05) is 18.2 Å². The smallest absolute Gasteiger partial charge is 0.273 e. The van der Waals surface area contributed by atoms with Gasteiger partial charge in [-0.15, -0.1) is 0 Å². The van der Waals surface area contributed by atoms with Crippen molar-refractivity contribution in [2.75, 3.05) is 7.11 Å². The first-order chi connectivity index (χ1) is 6.86. The topological polar surface area (TPSA) is 36.9 Å². The van der Waals surface area contributed by atoms with Crippen molar-refractivity contribution in [3.63, 3.8) is 0 Å². The van der Waals surface area contributed by atoms with Crippen LogP contribution in [0.4, 0.5) is 0 Å². The van der Waals surface area contributed by atoms with E-state index in [4.69, 9.17) is 10.1 Å². The second-order valence-corrected chi connectivity index (χ2v) is 2.87. The fraction of sp³-hybridized carbons (Fsp3) is 0.0909. The van der Waals surface area contributed by atoms with Gasteiger partial charge >= 0.3 is 5.69 Å². The van der Waals surface area contributed by atoms with Crippen molar-refractivity contribution in [1.29, 1.82) is 5.26 Å². The Bertz CT molecular complexity index is 514. The molecule has 0 N–H and O–H groups in total. The van der Waals surface area contributed by atoms with Gasteiger partial charge in [-0.3, -0.25) is 4.84 Å². The molecule has 1 heterocycles. The molecule has 14 heavy (non-hydrogen) atoms. The molecule has 0 fully saturated rings. The number of hydrogen-bond acceptors (Lipinski definition) is 2. The van der Waals surface area contributed by atoms with Gasteiger partial charge in [0.2, 0.25) is 6.20 Å². The molecule has 2 aromatic rings. The summed E-state index contributed by atoms with van der Waals surface area (Å²) in [5.41, 5.74) is 0.519. The first-order valence-corrected chi connectivity index (χ1v) is 4.25. The summed E-state index contributed by atoms with van der Waals surface area (Å²) in [6.07, 6.45) is 1.74. The van der Waals surface area contributed by atoms with Crippen LogP contribution in [0.25, 0.3) is 10.8 Å². The Morgan fingerprint density at radius 3 is 2.79 bits per heavy atom. The fourth-order valence-corrected chi connectivity index (χ4v) is 1.46. The van der Waals surface area contributed by atoms with E-state index in [9.17, 15) is 0 Å². The fourth-order valence-electron chi connectivity index (χ4n) is 1.46. The summed E-state index contributed by atoms with van der Waals surface area (Å²) in [6.45, 7) is 0. The van der Waals surface area contributed by atoms with Crippen molar-refractivity contribution in [2.45, 2.75) is 0 Å². The summed E-state index contributed by atoms with van der Waals surface area (Å²) in [5.74, 6) is 0. The minimum absolute atomic E-state index is 0.519. The Morgan fingerprint density at radius 2 is 2.07 bits per heavy atom. The normalized spacial score (nSPS) is 9.71. The van der Waals surface area contributed by atoms with Crippen LogP contribution in [0.3, 0.4) is 0 Å². The molecule has 68 valence electrons. The molecule has 2 rings (SSSR count). The molecule has 0 aliphatic rings. The molecule has 3 heteroatoms. The number of hydrogen-bond donors (Lipinski definition) is 0. The minimum Gasteiger partial charge on any atom is -0.273 e. The van der Waals surface area contributed by atoms with Crippen LogP contribution in [-0.4, -0.2) is 7.11 Å². The summed E-state index contributed by atoms with van der Waals surface area (Å²) in [4.78, 5) is 5.04. The number of fused-ring (bicyclic) bond motifs is 1. The van der Waals surface area contributed by atoms with Gasteiger partial charge in [-0.2, -0.15) is 5.26 Å². The molecule has 0 spiro atoms. The Hall–Kier alpha value is -2.08. The van der Waals surface area contributed by atoms with Crippen molar-refractivity contribution in [2.24, 2.45) is 0 Å². The summed E-state index contributed by atoms with van der Waals surface area (Å²) in [6, 6.07) is 11.8. The van der Waals surface area contributed by atoms with E-state index < -0.39 is 0 Å². The quantitative estimate of drug-likeness (QED) is 0.623. The number of rotatable bonds is 1. The molecule has 1 aromatic heterocycles. The van der Waals surface area contributed by atoms with Gasteiger partial charge in [0.05, 0.1) is 5.39 Å². The zero-order chi connectivity index (χ0) is 9.97. The summed E-state index contributed by atoms with van der Waals surface area (Å²) < 4.78 is 1.46. The van der Waals surface area contributed by atoms with Gasteiger partial charge in [0.1, 0.15) is 7.11 Å². The van der Waals surface area contributed by atoms with Crippen LogP contribution in [0, 0.1) is 11.3 Å². The molecular formula is C11H9N2O+. The van der Waals surface area contributed by atoms with Crippen molar-refractivity contribution in [3.05, 3.63) is 42.2 Å². The van der Waals surface area contributed by atoms with Gasteiger partial charge in [-0.25, -0.2) is 0 Å².